The van der Waals surface area contributed by atoms with Crippen molar-refractivity contribution in [1.82, 2.24) is 5.32 Å². The van der Waals surface area contributed by atoms with Crippen LogP contribution in [0.1, 0.15) is 5.56 Å². The SMILES string of the molecule is O=S(=O)(c1ccccc1)N(Oc1ccc(/C=C2\SC(O)NC2O)cc1)c1cccc(O)c1. The number of aliphatic hydroxyl groups excluding tert-OH is 2. The molecule has 0 aromatic heterocycles. The molecule has 32 heavy (non-hydrogen) atoms. The number of hydrogen-bond acceptors (Lipinski definition) is 8. The summed E-state index contributed by atoms with van der Waals surface area (Å²) in [5.74, 6) is 0.137. The van der Waals surface area contributed by atoms with Crippen LogP contribution in [0.5, 0.6) is 11.5 Å². The summed E-state index contributed by atoms with van der Waals surface area (Å²) >= 11 is 1.10. The van der Waals surface area contributed by atoms with Crippen molar-refractivity contribution in [2.24, 2.45) is 0 Å². The maximum Gasteiger partial charge on any atom is 0.295 e. The molecule has 4 rings (SSSR count). The van der Waals surface area contributed by atoms with Crippen LogP contribution in [0, 0.1) is 0 Å². The topological polar surface area (TPSA) is 119 Å². The van der Waals surface area contributed by atoms with Crippen LogP contribution < -0.4 is 14.6 Å². The third-order valence-corrected chi connectivity index (χ3v) is 7.06. The molecule has 2 atom stereocenters. The molecule has 1 fully saturated rings. The fourth-order valence-electron chi connectivity index (χ4n) is 2.98. The predicted octanol–water partition coefficient (Wildman–Crippen LogP) is 2.85. The van der Waals surface area contributed by atoms with Crippen molar-refractivity contribution in [3.8, 4) is 11.5 Å². The van der Waals surface area contributed by atoms with E-state index in [4.69, 9.17) is 4.84 Å². The molecule has 0 aliphatic carbocycles. The number of benzene rings is 3. The predicted molar refractivity (Wildman–Crippen MR) is 122 cm³/mol. The summed E-state index contributed by atoms with van der Waals surface area (Å²) in [7, 11) is -4.10. The summed E-state index contributed by atoms with van der Waals surface area (Å²) in [4.78, 5) is 6.33. The molecule has 166 valence electrons. The van der Waals surface area contributed by atoms with Gasteiger partial charge in [-0.05, 0) is 48.0 Å². The average Bonchev–Trinajstić information content (AvgIpc) is 3.10. The Kier molecular flexibility index (Phi) is 6.40. The van der Waals surface area contributed by atoms with Gasteiger partial charge in [0.05, 0.1) is 10.6 Å². The van der Waals surface area contributed by atoms with Crippen molar-refractivity contribution < 1.29 is 28.6 Å². The number of aromatic hydroxyl groups is 1. The zero-order chi connectivity index (χ0) is 22.7. The third-order valence-electron chi connectivity index (χ3n) is 4.49. The van der Waals surface area contributed by atoms with Gasteiger partial charge in [0.15, 0.2) is 11.3 Å². The third kappa shape index (κ3) is 4.90. The summed E-state index contributed by atoms with van der Waals surface area (Å²) in [5, 5.41) is 31.8. The van der Waals surface area contributed by atoms with Gasteiger partial charge in [0.1, 0.15) is 12.0 Å². The second-order valence-corrected chi connectivity index (χ2v) is 9.72. The van der Waals surface area contributed by atoms with Gasteiger partial charge in [0.2, 0.25) is 0 Å². The normalized spacial score (nSPS) is 19.8. The molecule has 3 aromatic carbocycles. The lowest BCUT2D eigenvalue weighted by Gasteiger charge is -2.24. The van der Waals surface area contributed by atoms with Gasteiger partial charge in [-0.2, -0.15) is 8.42 Å². The summed E-state index contributed by atoms with van der Waals surface area (Å²) in [6.07, 6.45) is 0.749. The summed E-state index contributed by atoms with van der Waals surface area (Å²) in [6.45, 7) is 0. The Balaban J connectivity index is 1.64. The number of hydrogen-bond donors (Lipinski definition) is 4. The number of nitrogens with zero attached hydrogens (tertiary/aromatic N) is 1. The van der Waals surface area contributed by atoms with Crippen molar-refractivity contribution in [2.45, 2.75) is 16.7 Å². The summed E-state index contributed by atoms with van der Waals surface area (Å²) in [6, 6.07) is 20.1. The van der Waals surface area contributed by atoms with Gasteiger partial charge in [0, 0.05) is 11.0 Å². The highest BCUT2D eigenvalue weighted by molar-refractivity contribution is 8.03. The van der Waals surface area contributed by atoms with Crippen LogP contribution >= 0.6 is 11.8 Å². The first-order chi connectivity index (χ1) is 15.3. The van der Waals surface area contributed by atoms with E-state index >= 15 is 0 Å². The fourth-order valence-corrected chi connectivity index (χ4v) is 5.10. The Morgan fingerprint density at radius 3 is 2.31 bits per heavy atom. The van der Waals surface area contributed by atoms with E-state index in [0.717, 1.165) is 21.8 Å². The monoisotopic (exact) mass is 472 g/mol. The Hall–Kier alpha value is -3.02. The number of sulfonamides is 1. The van der Waals surface area contributed by atoms with E-state index in [1.54, 1.807) is 48.5 Å². The number of aliphatic hydroxyl groups is 2. The first-order valence-electron chi connectivity index (χ1n) is 9.51. The van der Waals surface area contributed by atoms with E-state index in [-0.39, 0.29) is 22.1 Å². The van der Waals surface area contributed by atoms with Gasteiger partial charge in [0.25, 0.3) is 10.0 Å². The Morgan fingerprint density at radius 1 is 0.969 bits per heavy atom. The van der Waals surface area contributed by atoms with E-state index in [1.165, 1.54) is 36.4 Å². The number of phenols is 1. The van der Waals surface area contributed by atoms with Crippen LogP contribution in [0.15, 0.2) is 88.7 Å². The van der Waals surface area contributed by atoms with Gasteiger partial charge in [-0.1, -0.05) is 52.6 Å². The number of thioether (sulfide) groups is 1. The van der Waals surface area contributed by atoms with Gasteiger partial charge >= 0.3 is 0 Å². The van der Waals surface area contributed by atoms with E-state index in [2.05, 4.69) is 5.32 Å². The lowest BCUT2D eigenvalue weighted by atomic mass is 10.2. The van der Waals surface area contributed by atoms with Crippen LogP contribution in [-0.2, 0) is 10.0 Å². The molecule has 1 heterocycles. The lowest BCUT2D eigenvalue weighted by Crippen LogP contribution is -2.34. The van der Waals surface area contributed by atoms with Gasteiger partial charge in [-0.15, -0.1) is 0 Å². The second-order valence-electron chi connectivity index (χ2n) is 6.81. The van der Waals surface area contributed by atoms with Crippen molar-refractivity contribution in [3.63, 3.8) is 0 Å². The molecule has 4 N–H and O–H groups in total. The molecule has 10 heteroatoms. The minimum atomic E-state index is -4.10. The Labute approximate surface area is 189 Å². The van der Waals surface area contributed by atoms with Crippen LogP contribution in [0.2, 0.25) is 0 Å². The first-order valence-corrected chi connectivity index (χ1v) is 11.8. The van der Waals surface area contributed by atoms with E-state index in [9.17, 15) is 23.7 Å². The van der Waals surface area contributed by atoms with Crippen LogP contribution in [-0.4, -0.2) is 35.5 Å². The minimum Gasteiger partial charge on any atom is -0.508 e. The highest BCUT2D eigenvalue weighted by Crippen LogP contribution is 2.32. The van der Waals surface area contributed by atoms with E-state index in [1.807, 2.05) is 0 Å². The molecular formula is C22H20N2O6S2. The van der Waals surface area contributed by atoms with Crippen LogP contribution in [0.4, 0.5) is 5.69 Å². The number of rotatable bonds is 6. The molecule has 2 unspecified atom stereocenters. The molecule has 1 saturated heterocycles. The number of nitrogens with one attached hydrogen (secondary N) is 1. The van der Waals surface area contributed by atoms with Crippen LogP contribution in [0.25, 0.3) is 6.08 Å². The highest BCUT2D eigenvalue weighted by Gasteiger charge is 2.28. The molecule has 0 amide bonds. The van der Waals surface area contributed by atoms with Crippen molar-refractivity contribution >= 4 is 33.5 Å². The molecule has 0 radical (unpaired) electrons. The standard InChI is InChI=1S/C22H20N2O6S2/c25-17-6-4-5-16(14-17)24(32(28,29)19-7-2-1-3-8-19)30-18-11-9-15(10-12-18)13-20-21(26)23-22(27)31-20/h1-14,21-23,25-27H/b20-13-. The van der Waals surface area contributed by atoms with Crippen LogP contribution in [0.3, 0.4) is 0 Å². The molecular weight excluding hydrogens is 452 g/mol. The van der Waals surface area contributed by atoms with Gasteiger partial charge in [-0.3, -0.25) is 5.32 Å². The molecule has 0 spiro atoms. The summed E-state index contributed by atoms with van der Waals surface area (Å²) in [5.41, 5.74) is -0.0203. The van der Waals surface area contributed by atoms with E-state index in [0.29, 0.717) is 4.91 Å². The molecule has 1 aliphatic heterocycles. The Bertz CT molecular complexity index is 1220. The van der Waals surface area contributed by atoms with E-state index < -0.39 is 21.8 Å². The maximum absolute atomic E-state index is 13.3. The lowest BCUT2D eigenvalue weighted by molar-refractivity contribution is 0.127. The molecule has 0 saturated carbocycles. The average molecular weight is 473 g/mol. The zero-order valence-electron chi connectivity index (χ0n) is 16.6. The first kappa shape index (κ1) is 22.2. The largest absolute Gasteiger partial charge is 0.508 e. The van der Waals surface area contributed by atoms with Crippen molar-refractivity contribution in [2.75, 3.05) is 4.47 Å². The zero-order valence-corrected chi connectivity index (χ0v) is 18.2. The maximum atomic E-state index is 13.3. The molecule has 3 aromatic rings. The van der Waals surface area contributed by atoms with Gasteiger partial charge in [-0.25, -0.2) is 0 Å². The van der Waals surface area contributed by atoms with Gasteiger partial charge < -0.3 is 20.2 Å². The minimum absolute atomic E-state index is 0.0306. The number of phenolic OH excluding ortho intramolecular Hbond substituents is 1. The summed E-state index contributed by atoms with van der Waals surface area (Å²) < 4.78 is 27.3. The quantitative estimate of drug-likeness (QED) is 0.405. The second kappa shape index (κ2) is 9.23. The Morgan fingerprint density at radius 2 is 1.69 bits per heavy atom. The smallest absolute Gasteiger partial charge is 0.295 e. The molecule has 0 bridgehead atoms. The van der Waals surface area contributed by atoms with Crippen molar-refractivity contribution in [1.29, 1.82) is 0 Å². The van der Waals surface area contributed by atoms with Crippen molar-refractivity contribution in [3.05, 3.63) is 89.3 Å². The molecule has 8 nitrogen and oxygen atoms in total. The number of anilines is 1. The fraction of sp³-hybridized carbons (Fsp3) is 0.0909. The highest BCUT2D eigenvalue weighted by atomic mass is 32.2. The molecule has 1 aliphatic rings.